The molecule has 0 spiro atoms. The van der Waals surface area contributed by atoms with Gasteiger partial charge in [-0.2, -0.15) is 0 Å². The predicted molar refractivity (Wildman–Crippen MR) is 59.4 cm³/mol. The summed E-state index contributed by atoms with van der Waals surface area (Å²) in [5, 5.41) is 0. The average Bonchev–Trinajstić information content (AvgIpc) is 2.23. The monoisotopic (exact) mass is 224 g/mol. The number of carbonyl (C=O) groups is 1. The van der Waals surface area contributed by atoms with Gasteiger partial charge in [0.2, 0.25) is 0 Å². The van der Waals surface area contributed by atoms with Gasteiger partial charge in [0.15, 0.2) is 0 Å². The molecule has 0 bridgehead atoms. The molecule has 0 fully saturated rings. The first-order chi connectivity index (χ1) is 7.65. The number of carbonyl (C=O) groups excluding carboxylic acids is 1. The molecular formula is C11H16N2O3. The van der Waals surface area contributed by atoms with Gasteiger partial charge in [0.1, 0.15) is 5.75 Å². The Morgan fingerprint density at radius 3 is 2.56 bits per heavy atom. The third-order valence-corrected chi connectivity index (χ3v) is 2.13. The maximum atomic E-state index is 11.0. The summed E-state index contributed by atoms with van der Waals surface area (Å²) in [7, 11) is 0. The number of hydrogen-bond acceptors (Lipinski definition) is 5. The molecule has 0 amide bonds. The molecule has 0 saturated heterocycles. The van der Waals surface area contributed by atoms with Crippen LogP contribution >= 0.6 is 0 Å². The zero-order chi connectivity index (χ0) is 12.0. The smallest absolute Gasteiger partial charge is 0.329 e. The quantitative estimate of drug-likeness (QED) is 0.576. The van der Waals surface area contributed by atoms with Gasteiger partial charge < -0.3 is 9.57 Å². The number of rotatable bonds is 5. The average molecular weight is 224 g/mol. The lowest BCUT2D eigenvalue weighted by Crippen LogP contribution is -2.27. The van der Waals surface area contributed by atoms with E-state index >= 15 is 0 Å². The number of benzene rings is 1. The van der Waals surface area contributed by atoms with Crippen molar-refractivity contribution in [1.29, 1.82) is 0 Å². The van der Waals surface area contributed by atoms with Crippen molar-refractivity contribution in [2.45, 2.75) is 20.3 Å². The summed E-state index contributed by atoms with van der Waals surface area (Å²) >= 11 is 0. The largest absolute Gasteiger partial charge is 0.492 e. The summed E-state index contributed by atoms with van der Waals surface area (Å²) in [6.45, 7) is 4.19. The van der Waals surface area contributed by atoms with Gasteiger partial charge in [-0.05, 0) is 25.0 Å². The molecule has 0 radical (unpaired) electrons. The van der Waals surface area contributed by atoms with Crippen LogP contribution in [-0.4, -0.2) is 12.6 Å². The third kappa shape index (κ3) is 3.52. The van der Waals surface area contributed by atoms with E-state index in [1.165, 1.54) is 0 Å². The molecule has 0 aliphatic heterocycles. The van der Waals surface area contributed by atoms with Crippen molar-refractivity contribution in [3.63, 3.8) is 0 Å². The summed E-state index contributed by atoms with van der Waals surface area (Å²) in [4.78, 5) is 15.3. The van der Waals surface area contributed by atoms with Crippen molar-refractivity contribution in [1.82, 2.24) is 5.59 Å². The first kappa shape index (κ1) is 12.5. The Labute approximate surface area is 94.5 Å². The van der Waals surface area contributed by atoms with Gasteiger partial charge in [-0.25, -0.2) is 5.84 Å². The molecule has 0 aliphatic carbocycles. The van der Waals surface area contributed by atoms with Crippen molar-refractivity contribution in [2.75, 3.05) is 6.61 Å². The number of aryl methyl sites for hydroxylation is 2. The van der Waals surface area contributed by atoms with Gasteiger partial charge >= 0.3 is 5.97 Å². The minimum Gasteiger partial charge on any atom is -0.492 e. The lowest BCUT2D eigenvalue weighted by molar-refractivity contribution is -0.151. The normalized spacial score (nSPS) is 9.94. The number of hydrogen-bond donors (Lipinski definition) is 2. The number of para-hydroxylation sites is 1. The van der Waals surface area contributed by atoms with Crippen LogP contribution < -0.4 is 16.2 Å². The summed E-state index contributed by atoms with van der Waals surface area (Å²) < 4.78 is 5.52. The molecule has 0 atom stereocenters. The van der Waals surface area contributed by atoms with E-state index in [0.717, 1.165) is 16.9 Å². The molecule has 0 unspecified atom stereocenters. The molecule has 0 aliphatic rings. The van der Waals surface area contributed by atoms with E-state index in [-0.39, 0.29) is 13.0 Å². The second-order valence-corrected chi connectivity index (χ2v) is 3.41. The Kier molecular flexibility index (Phi) is 4.75. The third-order valence-electron chi connectivity index (χ3n) is 2.13. The maximum Gasteiger partial charge on any atom is 0.329 e. The van der Waals surface area contributed by atoms with Gasteiger partial charge in [0.05, 0.1) is 13.0 Å². The molecule has 3 N–H and O–H groups in total. The molecular weight excluding hydrogens is 208 g/mol. The molecule has 0 saturated carbocycles. The van der Waals surface area contributed by atoms with Crippen molar-refractivity contribution >= 4 is 5.97 Å². The van der Waals surface area contributed by atoms with Crippen LogP contribution in [0.3, 0.4) is 0 Å². The van der Waals surface area contributed by atoms with Crippen molar-refractivity contribution in [3.05, 3.63) is 29.3 Å². The fraction of sp³-hybridized carbons (Fsp3) is 0.364. The first-order valence-corrected chi connectivity index (χ1v) is 4.99. The van der Waals surface area contributed by atoms with Crippen LogP contribution in [0, 0.1) is 13.8 Å². The van der Waals surface area contributed by atoms with E-state index in [1.807, 2.05) is 37.6 Å². The van der Waals surface area contributed by atoms with E-state index < -0.39 is 5.97 Å². The Morgan fingerprint density at radius 2 is 2.00 bits per heavy atom. The number of ether oxygens (including phenoxy) is 1. The van der Waals surface area contributed by atoms with Crippen LogP contribution in [-0.2, 0) is 9.63 Å². The maximum absolute atomic E-state index is 11.0. The first-order valence-electron chi connectivity index (χ1n) is 4.99. The fourth-order valence-corrected chi connectivity index (χ4v) is 1.38. The van der Waals surface area contributed by atoms with Crippen LogP contribution in [0.2, 0.25) is 0 Å². The Morgan fingerprint density at radius 1 is 1.38 bits per heavy atom. The molecule has 1 rings (SSSR count). The van der Waals surface area contributed by atoms with Crippen LogP contribution in [0.15, 0.2) is 18.2 Å². The predicted octanol–water partition coefficient (Wildman–Crippen LogP) is 0.994. The molecule has 5 nitrogen and oxygen atoms in total. The molecule has 1 aromatic carbocycles. The van der Waals surface area contributed by atoms with Gasteiger partial charge in [-0.15, -0.1) is 0 Å². The highest BCUT2D eigenvalue weighted by molar-refractivity contribution is 5.69. The minimum atomic E-state index is -0.450. The second-order valence-electron chi connectivity index (χ2n) is 3.41. The highest BCUT2D eigenvalue weighted by Crippen LogP contribution is 2.22. The zero-order valence-electron chi connectivity index (χ0n) is 9.45. The van der Waals surface area contributed by atoms with Crippen LogP contribution in [0.5, 0.6) is 5.75 Å². The molecule has 5 heteroatoms. The highest BCUT2D eigenvalue weighted by Gasteiger charge is 2.06. The topological polar surface area (TPSA) is 73.6 Å². The Balaban J connectivity index is 2.46. The Bertz CT molecular complexity index is 346. The molecule has 0 heterocycles. The van der Waals surface area contributed by atoms with E-state index in [1.54, 1.807) is 0 Å². The summed E-state index contributed by atoms with van der Waals surface area (Å²) in [6, 6.07) is 5.88. The lowest BCUT2D eigenvalue weighted by atomic mass is 10.1. The van der Waals surface area contributed by atoms with E-state index in [9.17, 15) is 4.79 Å². The van der Waals surface area contributed by atoms with E-state index in [0.29, 0.717) is 0 Å². The van der Waals surface area contributed by atoms with Crippen LogP contribution in [0.4, 0.5) is 0 Å². The number of nitrogens with two attached hydrogens (primary N) is 1. The van der Waals surface area contributed by atoms with Crippen LogP contribution in [0.1, 0.15) is 17.5 Å². The molecule has 1 aromatic rings. The lowest BCUT2D eigenvalue weighted by Gasteiger charge is -2.11. The summed E-state index contributed by atoms with van der Waals surface area (Å²) in [5.41, 5.74) is 3.93. The standard InChI is InChI=1S/C11H16N2O3/c1-8-4-3-5-9(2)11(8)15-7-6-10(14)16-13-12/h3-5,13H,6-7,12H2,1-2H3. The summed E-state index contributed by atoms with van der Waals surface area (Å²) in [5.74, 6) is 5.19. The number of nitrogens with one attached hydrogen (secondary N) is 1. The second kappa shape index (κ2) is 6.09. The van der Waals surface area contributed by atoms with Gasteiger partial charge in [0, 0.05) is 0 Å². The Hall–Kier alpha value is -1.59. The van der Waals surface area contributed by atoms with Crippen molar-refractivity contribution in [2.24, 2.45) is 5.84 Å². The van der Waals surface area contributed by atoms with Gasteiger partial charge in [-0.1, -0.05) is 23.8 Å². The molecule has 88 valence electrons. The SMILES string of the molecule is Cc1cccc(C)c1OCCC(=O)ONN. The van der Waals surface area contributed by atoms with Crippen LogP contribution in [0.25, 0.3) is 0 Å². The van der Waals surface area contributed by atoms with Gasteiger partial charge in [-0.3, -0.25) is 4.79 Å². The number of hydrazine groups is 1. The van der Waals surface area contributed by atoms with E-state index in [4.69, 9.17) is 10.6 Å². The van der Waals surface area contributed by atoms with Crippen molar-refractivity contribution < 1.29 is 14.4 Å². The molecule has 16 heavy (non-hydrogen) atoms. The highest BCUT2D eigenvalue weighted by atomic mass is 16.7. The molecule has 0 aromatic heterocycles. The summed E-state index contributed by atoms with van der Waals surface area (Å²) in [6.07, 6.45) is 0.151. The van der Waals surface area contributed by atoms with Gasteiger partial charge in [0.25, 0.3) is 0 Å². The fourth-order valence-electron chi connectivity index (χ4n) is 1.38. The minimum absolute atomic E-state index is 0.151. The zero-order valence-corrected chi connectivity index (χ0v) is 9.45. The van der Waals surface area contributed by atoms with E-state index in [2.05, 4.69) is 4.84 Å². The van der Waals surface area contributed by atoms with Crippen molar-refractivity contribution in [3.8, 4) is 5.75 Å².